The first-order valence-corrected chi connectivity index (χ1v) is 3.18. The first-order valence-electron chi connectivity index (χ1n) is 3.18. The normalized spacial score (nSPS) is 24.0. The van der Waals surface area contributed by atoms with E-state index in [4.69, 9.17) is 5.11 Å². The highest BCUT2D eigenvalue weighted by Gasteiger charge is 2.23. The van der Waals surface area contributed by atoms with Crippen molar-refractivity contribution in [2.75, 3.05) is 6.54 Å². The third kappa shape index (κ3) is 2.67. The highest BCUT2D eigenvalue weighted by Crippen LogP contribution is 2.02. The minimum atomic E-state index is -0.937. The third-order valence-electron chi connectivity index (χ3n) is 1.52. The molecule has 0 unspecified atom stereocenters. The Balaban J connectivity index is 0.000001000. The Labute approximate surface area is 65.6 Å². The molecular weight excluding hydrogens is 146 g/mol. The smallest absolute Gasteiger partial charge is 0.321 e. The summed E-state index contributed by atoms with van der Waals surface area (Å²) < 4.78 is 0. The molecule has 2 N–H and O–H groups in total. The summed E-state index contributed by atoms with van der Waals surface area (Å²) in [5.74, 6) is -0.904. The second-order valence-corrected chi connectivity index (χ2v) is 2.34. The number of hydrogen-bond donors (Lipinski definition) is 2. The van der Waals surface area contributed by atoms with Gasteiger partial charge in [-0.1, -0.05) is 7.43 Å². The molecule has 0 amide bonds. The fourth-order valence-electron chi connectivity index (χ4n) is 0.962. The van der Waals surface area contributed by atoms with Crippen LogP contribution in [-0.4, -0.2) is 29.4 Å². The van der Waals surface area contributed by atoms with Crippen molar-refractivity contribution in [1.82, 2.24) is 5.32 Å². The molecule has 0 radical (unpaired) electrons. The van der Waals surface area contributed by atoms with Gasteiger partial charge in [0.25, 0.3) is 0 Å². The van der Waals surface area contributed by atoms with Crippen LogP contribution in [0.3, 0.4) is 0 Å². The lowest BCUT2D eigenvalue weighted by molar-refractivity contribution is -0.142. The van der Waals surface area contributed by atoms with Crippen LogP contribution in [0.1, 0.15) is 20.3 Å². The second kappa shape index (κ2) is 4.08. The number of rotatable bonds is 1. The Morgan fingerprint density at radius 3 is 2.64 bits per heavy atom. The molecule has 4 nitrogen and oxygen atoms in total. The van der Waals surface area contributed by atoms with Gasteiger partial charge < -0.3 is 10.4 Å². The maximum absolute atomic E-state index is 10.7. The van der Waals surface area contributed by atoms with Gasteiger partial charge in [0, 0.05) is 19.4 Å². The minimum Gasteiger partial charge on any atom is -0.480 e. The van der Waals surface area contributed by atoms with Crippen LogP contribution in [0.25, 0.3) is 0 Å². The van der Waals surface area contributed by atoms with Gasteiger partial charge >= 0.3 is 5.97 Å². The predicted molar refractivity (Wildman–Crippen MR) is 40.4 cm³/mol. The number of carbonyl (C=O) groups is 2. The first kappa shape index (κ1) is 10.1. The molecule has 1 aliphatic heterocycles. The Kier molecular flexibility index (Phi) is 3.74. The van der Waals surface area contributed by atoms with Gasteiger partial charge in [0.05, 0.1) is 0 Å². The average Bonchev–Trinajstić information content (AvgIpc) is 1.88. The van der Waals surface area contributed by atoms with Crippen molar-refractivity contribution in [1.29, 1.82) is 0 Å². The van der Waals surface area contributed by atoms with E-state index in [-0.39, 0.29) is 19.6 Å². The average molecular weight is 159 g/mol. The molecule has 0 aliphatic carbocycles. The van der Waals surface area contributed by atoms with Crippen molar-refractivity contribution < 1.29 is 14.7 Å². The number of carboxylic acids is 1. The standard InChI is InChI=1S/C6H9NO3.CH4/c8-4-1-2-7-5(3-4)6(9)10;/h5,7H,1-3H2,(H,9,10);1H4/t5-;/m0./s1. The fraction of sp³-hybridized carbons (Fsp3) is 0.714. The van der Waals surface area contributed by atoms with Crippen LogP contribution in [-0.2, 0) is 9.59 Å². The molecule has 0 aromatic carbocycles. The van der Waals surface area contributed by atoms with Crippen LogP contribution >= 0.6 is 0 Å². The molecule has 4 heteroatoms. The molecule has 0 aromatic rings. The van der Waals surface area contributed by atoms with Crippen LogP contribution in [0.2, 0.25) is 0 Å². The third-order valence-corrected chi connectivity index (χ3v) is 1.52. The van der Waals surface area contributed by atoms with Crippen LogP contribution < -0.4 is 5.32 Å². The lowest BCUT2D eigenvalue weighted by Crippen LogP contribution is -2.43. The summed E-state index contributed by atoms with van der Waals surface area (Å²) in [6.07, 6.45) is 0.596. The topological polar surface area (TPSA) is 66.4 Å². The van der Waals surface area contributed by atoms with Gasteiger partial charge in [-0.15, -0.1) is 0 Å². The summed E-state index contributed by atoms with van der Waals surface area (Å²) in [6, 6.07) is -0.652. The number of nitrogens with one attached hydrogen (secondary N) is 1. The van der Waals surface area contributed by atoms with Crippen LogP contribution in [0.4, 0.5) is 0 Å². The lowest BCUT2D eigenvalue weighted by atomic mass is 10.0. The Hall–Kier alpha value is -0.900. The maximum Gasteiger partial charge on any atom is 0.321 e. The van der Waals surface area contributed by atoms with Gasteiger partial charge in [-0.05, 0) is 0 Å². The molecule has 0 bridgehead atoms. The Morgan fingerprint density at radius 1 is 1.64 bits per heavy atom. The molecule has 1 saturated heterocycles. The van der Waals surface area contributed by atoms with Crippen molar-refractivity contribution in [3.05, 3.63) is 0 Å². The van der Waals surface area contributed by atoms with Gasteiger partial charge in [0.1, 0.15) is 11.8 Å². The maximum atomic E-state index is 10.7. The number of piperidine rings is 1. The van der Waals surface area contributed by atoms with Crippen molar-refractivity contribution in [3.63, 3.8) is 0 Å². The summed E-state index contributed by atoms with van der Waals surface area (Å²) in [5.41, 5.74) is 0. The molecule has 1 aliphatic rings. The first-order chi connectivity index (χ1) is 4.70. The molecule has 0 saturated carbocycles. The number of carbonyl (C=O) groups excluding carboxylic acids is 1. The van der Waals surface area contributed by atoms with Crippen LogP contribution in [0.15, 0.2) is 0 Å². The van der Waals surface area contributed by atoms with Gasteiger partial charge in [-0.25, -0.2) is 0 Å². The second-order valence-electron chi connectivity index (χ2n) is 2.34. The Bertz CT molecular complexity index is 165. The number of ketones is 1. The quantitative estimate of drug-likeness (QED) is 0.566. The van der Waals surface area contributed by atoms with Gasteiger partial charge in [0.2, 0.25) is 0 Å². The minimum absolute atomic E-state index is 0. The van der Waals surface area contributed by atoms with E-state index in [1.54, 1.807) is 0 Å². The van der Waals surface area contributed by atoms with E-state index >= 15 is 0 Å². The van der Waals surface area contributed by atoms with E-state index in [1.807, 2.05) is 0 Å². The number of aliphatic carboxylic acids is 1. The van der Waals surface area contributed by atoms with E-state index in [0.29, 0.717) is 13.0 Å². The zero-order valence-corrected chi connectivity index (χ0v) is 5.46. The van der Waals surface area contributed by atoms with Gasteiger partial charge in [-0.2, -0.15) is 0 Å². The van der Waals surface area contributed by atoms with E-state index < -0.39 is 12.0 Å². The molecule has 1 rings (SSSR count). The molecule has 1 fully saturated rings. The van der Waals surface area contributed by atoms with E-state index in [1.165, 1.54) is 0 Å². The monoisotopic (exact) mass is 159 g/mol. The number of carboxylic acid groups (broad SMARTS) is 1. The molecule has 11 heavy (non-hydrogen) atoms. The number of hydrogen-bond acceptors (Lipinski definition) is 3. The van der Waals surface area contributed by atoms with E-state index in [2.05, 4.69) is 5.32 Å². The van der Waals surface area contributed by atoms with Crippen molar-refractivity contribution >= 4 is 11.8 Å². The molecular formula is C7H13NO3. The largest absolute Gasteiger partial charge is 0.480 e. The summed E-state index contributed by atoms with van der Waals surface area (Å²) in [7, 11) is 0. The predicted octanol–water partition coefficient (Wildman–Crippen LogP) is 0.0282. The van der Waals surface area contributed by atoms with Crippen molar-refractivity contribution in [3.8, 4) is 0 Å². The summed E-state index contributed by atoms with van der Waals surface area (Å²) in [4.78, 5) is 21.0. The van der Waals surface area contributed by atoms with Gasteiger partial charge in [-0.3, -0.25) is 9.59 Å². The zero-order chi connectivity index (χ0) is 7.56. The Morgan fingerprint density at radius 2 is 2.27 bits per heavy atom. The van der Waals surface area contributed by atoms with Crippen molar-refractivity contribution in [2.45, 2.75) is 26.3 Å². The molecule has 0 aromatic heterocycles. The SMILES string of the molecule is C.O=C1CCN[C@H](C(=O)O)C1. The van der Waals surface area contributed by atoms with Gasteiger partial charge in [0.15, 0.2) is 0 Å². The lowest BCUT2D eigenvalue weighted by Gasteiger charge is -2.17. The van der Waals surface area contributed by atoms with E-state index in [9.17, 15) is 9.59 Å². The number of Topliss-reactive ketones (excluding diaryl/α,β-unsaturated/α-hetero) is 1. The van der Waals surface area contributed by atoms with Crippen molar-refractivity contribution in [2.24, 2.45) is 0 Å². The molecule has 1 heterocycles. The highest BCUT2D eigenvalue weighted by molar-refractivity contribution is 5.87. The van der Waals surface area contributed by atoms with Crippen LogP contribution in [0, 0.1) is 0 Å². The summed E-state index contributed by atoms with van der Waals surface area (Å²) >= 11 is 0. The van der Waals surface area contributed by atoms with Crippen LogP contribution in [0.5, 0.6) is 0 Å². The summed E-state index contributed by atoms with van der Waals surface area (Å²) in [6.45, 7) is 0.496. The highest BCUT2D eigenvalue weighted by atomic mass is 16.4. The molecule has 1 atom stereocenters. The zero-order valence-electron chi connectivity index (χ0n) is 5.46. The summed E-state index contributed by atoms with van der Waals surface area (Å²) in [5, 5.41) is 11.2. The molecule has 64 valence electrons. The van der Waals surface area contributed by atoms with E-state index in [0.717, 1.165) is 0 Å². The fourth-order valence-corrected chi connectivity index (χ4v) is 0.962. The molecule has 0 spiro atoms.